The number of carboxylic acid groups (broad SMARTS) is 1. The Morgan fingerprint density at radius 1 is 1.08 bits per heavy atom. The number of fused-ring (bicyclic) bond motifs is 3. The Labute approximate surface area is 214 Å². The Balaban J connectivity index is 1.32. The Kier molecular flexibility index (Phi) is 7.16. The molecule has 0 spiro atoms. The van der Waals surface area contributed by atoms with Crippen LogP contribution >= 0.6 is 11.6 Å². The Morgan fingerprint density at radius 2 is 1.75 bits per heavy atom. The molecule has 3 atom stereocenters. The van der Waals surface area contributed by atoms with Gasteiger partial charge in [-0.05, 0) is 80.9 Å². The maximum absolute atomic E-state index is 13.0. The third-order valence-electron chi connectivity index (χ3n) is 8.64. The van der Waals surface area contributed by atoms with Crippen molar-refractivity contribution in [2.24, 2.45) is 11.8 Å². The number of carbonyl (C=O) groups is 1. The first-order chi connectivity index (χ1) is 17.2. The average Bonchev–Trinajstić information content (AvgIpc) is 3.09. The predicted octanol–water partition coefficient (Wildman–Crippen LogP) is 7.77. The monoisotopic (exact) mass is 523 g/mol. The van der Waals surface area contributed by atoms with E-state index in [1.54, 1.807) is 0 Å². The molecule has 1 aliphatic carbocycles. The van der Waals surface area contributed by atoms with E-state index in [1.807, 2.05) is 18.2 Å². The summed E-state index contributed by atoms with van der Waals surface area (Å²) in [4.78, 5) is 14.1. The Hall–Kier alpha value is -1.99. The van der Waals surface area contributed by atoms with Crippen LogP contribution in [-0.4, -0.2) is 40.3 Å². The molecule has 0 amide bonds. The molecule has 2 heterocycles. The molecule has 3 aliphatic rings. The van der Waals surface area contributed by atoms with E-state index < -0.39 is 18.1 Å². The average molecular weight is 524 g/mol. The number of hydrogen-bond donors (Lipinski definition) is 1. The van der Waals surface area contributed by atoms with Crippen LogP contribution in [0.3, 0.4) is 0 Å². The van der Waals surface area contributed by atoms with Gasteiger partial charge in [0.1, 0.15) is 5.75 Å². The lowest BCUT2D eigenvalue weighted by atomic mass is 9.87. The number of alkyl halides is 3. The number of nitrogens with zero attached hydrogens (tertiary/aromatic N) is 1. The smallest absolute Gasteiger partial charge is 0.391 e. The van der Waals surface area contributed by atoms with Gasteiger partial charge in [0.2, 0.25) is 0 Å². The van der Waals surface area contributed by atoms with E-state index in [1.165, 1.54) is 5.56 Å². The van der Waals surface area contributed by atoms with E-state index in [0.717, 1.165) is 30.0 Å². The molecule has 8 heteroatoms. The SMILES string of the molecule is CCC(c1ccc2c(Cl)c(O[C@H]3CC[C@@H](C(F)(F)F)CC3)ccc2c1)N1C2CCC1CC(C(=O)O)C2. The lowest BCUT2D eigenvalue weighted by Gasteiger charge is -2.42. The highest BCUT2D eigenvalue weighted by molar-refractivity contribution is 6.37. The Bertz CT molecular complexity index is 1100. The molecule has 2 aliphatic heterocycles. The third-order valence-corrected chi connectivity index (χ3v) is 9.03. The summed E-state index contributed by atoms with van der Waals surface area (Å²) in [6.45, 7) is 2.18. The first kappa shape index (κ1) is 25.7. The van der Waals surface area contributed by atoms with Gasteiger partial charge >= 0.3 is 12.1 Å². The summed E-state index contributed by atoms with van der Waals surface area (Å²) in [6, 6.07) is 10.9. The molecule has 36 heavy (non-hydrogen) atoms. The fourth-order valence-electron chi connectivity index (χ4n) is 6.82. The molecule has 0 radical (unpaired) electrons. The van der Waals surface area contributed by atoms with E-state index in [0.29, 0.717) is 48.5 Å². The van der Waals surface area contributed by atoms with Gasteiger partial charge < -0.3 is 9.84 Å². The molecule has 196 valence electrons. The molecular weight excluding hydrogens is 491 g/mol. The number of aliphatic carboxylic acids is 1. The largest absolute Gasteiger partial charge is 0.489 e. The molecule has 5 rings (SSSR count). The first-order valence-corrected chi connectivity index (χ1v) is 13.5. The molecule has 2 aromatic carbocycles. The molecule has 1 N–H and O–H groups in total. The number of ether oxygens (including phenoxy) is 1. The van der Waals surface area contributed by atoms with Crippen molar-refractivity contribution in [3.63, 3.8) is 0 Å². The van der Waals surface area contributed by atoms with Crippen molar-refractivity contribution < 1.29 is 27.8 Å². The van der Waals surface area contributed by atoms with Crippen LogP contribution < -0.4 is 4.74 Å². The molecule has 2 aromatic rings. The molecule has 3 unspecified atom stereocenters. The van der Waals surface area contributed by atoms with Gasteiger partial charge in [-0.25, -0.2) is 0 Å². The second-order valence-corrected chi connectivity index (χ2v) is 11.1. The minimum atomic E-state index is -4.13. The lowest BCUT2D eigenvalue weighted by Crippen LogP contribution is -2.46. The number of piperidine rings is 1. The van der Waals surface area contributed by atoms with E-state index >= 15 is 0 Å². The Morgan fingerprint density at radius 3 is 2.33 bits per heavy atom. The number of carboxylic acids is 1. The van der Waals surface area contributed by atoms with Crippen molar-refractivity contribution in [3.8, 4) is 5.75 Å². The normalized spacial score (nSPS) is 29.9. The van der Waals surface area contributed by atoms with Crippen LogP contribution in [-0.2, 0) is 4.79 Å². The predicted molar refractivity (Wildman–Crippen MR) is 133 cm³/mol. The minimum absolute atomic E-state index is 0.0901. The lowest BCUT2D eigenvalue weighted by molar-refractivity contribution is -0.185. The van der Waals surface area contributed by atoms with Crippen LogP contribution in [0.15, 0.2) is 30.3 Å². The summed E-state index contributed by atoms with van der Waals surface area (Å²) >= 11 is 6.71. The fourth-order valence-corrected chi connectivity index (χ4v) is 7.10. The highest BCUT2D eigenvalue weighted by Crippen LogP contribution is 2.46. The van der Waals surface area contributed by atoms with Gasteiger partial charge in [-0.3, -0.25) is 9.69 Å². The molecule has 2 bridgehead atoms. The second-order valence-electron chi connectivity index (χ2n) is 10.8. The summed E-state index contributed by atoms with van der Waals surface area (Å²) in [5, 5.41) is 11.9. The summed E-state index contributed by atoms with van der Waals surface area (Å²) in [5.74, 6) is -1.63. The maximum Gasteiger partial charge on any atom is 0.391 e. The van der Waals surface area contributed by atoms with E-state index in [2.05, 4.69) is 24.0 Å². The van der Waals surface area contributed by atoms with E-state index in [-0.39, 0.29) is 30.9 Å². The van der Waals surface area contributed by atoms with Gasteiger partial charge in [0, 0.05) is 23.5 Å². The summed E-state index contributed by atoms with van der Waals surface area (Å²) in [7, 11) is 0. The number of benzene rings is 2. The van der Waals surface area contributed by atoms with Crippen molar-refractivity contribution in [2.75, 3.05) is 0 Å². The first-order valence-electron chi connectivity index (χ1n) is 13.1. The van der Waals surface area contributed by atoms with Crippen molar-refractivity contribution in [1.82, 2.24) is 4.90 Å². The van der Waals surface area contributed by atoms with E-state index in [9.17, 15) is 23.1 Å². The topological polar surface area (TPSA) is 49.8 Å². The van der Waals surface area contributed by atoms with E-state index in [4.69, 9.17) is 16.3 Å². The molecule has 0 aromatic heterocycles. The number of halogens is 4. The molecular formula is C28H33ClF3NO3. The van der Waals surface area contributed by atoms with Gasteiger partial charge in [0.05, 0.1) is 23.0 Å². The summed E-state index contributed by atoms with van der Waals surface area (Å²) in [5.41, 5.74) is 1.20. The highest BCUT2D eigenvalue weighted by Gasteiger charge is 2.45. The fraction of sp³-hybridized carbons (Fsp3) is 0.607. The molecule has 1 saturated carbocycles. The van der Waals surface area contributed by atoms with Gasteiger partial charge in [0.25, 0.3) is 0 Å². The second kappa shape index (κ2) is 10.1. The molecule has 3 fully saturated rings. The van der Waals surface area contributed by atoms with Crippen LogP contribution in [0.1, 0.15) is 76.3 Å². The summed E-state index contributed by atoms with van der Waals surface area (Å²) < 4.78 is 45.0. The molecule has 2 saturated heterocycles. The van der Waals surface area contributed by atoms with Crippen molar-refractivity contribution in [3.05, 3.63) is 40.9 Å². The van der Waals surface area contributed by atoms with Crippen molar-refractivity contribution in [1.29, 1.82) is 0 Å². The molecule has 4 nitrogen and oxygen atoms in total. The minimum Gasteiger partial charge on any atom is -0.489 e. The van der Waals surface area contributed by atoms with Gasteiger partial charge in [0.15, 0.2) is 0 Å². The number of rotatable bonds is 6. The zero-order valence-corrected chi connectivity index (χ0v) is 21.2. The number of hydrogen-bond acceptors (Lipinski definition) is 3. The zero-order chi connectivity index (χ0) is 25.6. The van der Waals surface area contributed by atoms with Crippen molar-refractivity contribution >= 4 is 28.3 Å². The maximum atomic E-state index is 13.0. The highest BCUT2D eigenvalue weighted by atomic mass is 35.5. The van der Waals surface area contributed by atoms with Crippen LogP contribution in [0.2, 0.25) is 5.02 Å². The summed E-state index contributed by atoms with van der Waals surface area (Å²) in [6.07, 6.45) is 1.00. The van der Waals surface area contributed by atoms with Crippen LogP contribution in [0.25, 0.3) is 10.8 Å². The van der Waals surface area contributed by atoms with Crippen LogP contribution in [0.4, 0.5) is 13.2 Å². The quantitative estimate of drug-likeness (QED) is 0.420. The van der Waals surface area contributed by atoms with Crippen LogP contribution in [0.5, 0.6) is 5.75 Å². The standard InChI is InChI=1S/C28H33ClF3NO3/c1-2-24(33-20-7-8-21(33)15-18(14-20)27(34)35)17-3-11-23-16(13-17)4-12-25(26(23)29)36-22-9-5-19(6-10-22)28(30,31)32/h3-4,11-13,18-22,24H,2,5-10,14-15H2,1H3,(H,34,35)/t18?,19-,20?,21?,22+,24?. The van der Waals surface area contributed by atoms with Crippen LogP contribution in [0, 0.1) is 11.8 Å². The van der Waals surface area contributed by atoms with Gasteiger partial charge in [-0.2, -0.15) is 13.2 Å². The third kappa shape index (κ3) is 4.93. The van der Waals surface area contributed by atoms with Gasteiger partial charge in [-0.1, -0.05) is 36.7 Å². The zero-order valence-electron chi connectivity index (χ0n) is 20.4. The van der Waals surface area contributed by atoms with Crippen molar-refractivity contribution in [2.45, 2.75) is 95.1 Å². The van der Waals surface area contributed by atoms with Gasteiger partial charge in [-0.15, -0.1) is 0 Å².